The van der Waals surface area contributed by atoms with Crippen molar-refractivity contribution in [2.45, 2.75) is 38.3 Å². The van der Waals surface area contributed by atoms with Gasteiger partial charge in [0.05, 0.1) is 0 Å². The Morgan fingerprint density at radius 3 is 2.80 bits per heavy atom. The van der Waals surface area contributed by atoms with Gasteiger partial charge in [-0.05, 0) is 59.2 Å². The lowest BCUT2D eigenvalue weighted by atomic mass is 10.2. The monoisotopic (exact) mass is 379 g/mol. The molecule has 1 aromatic rings. The Labute approximate surface area is 113 Å². The van der Waals surface area contributed by atoms with Gasteiger partial charge < -0.3 is 5.32 Å². The normalized spacial score (nSPS) is 17.2. The molecule has 1 aliphatic rings. The average molecular weight is 380 g/mol. The summed E-state index contributed by atoms with van der Waals surface area (Å²) in [6, 6.07) is 7.22. The minimum absolute atomic E-state index is 0.750. The lowest BCUT2D eigenvalue weighted by Gasteiger charge is -2.12. The summed E-state index contributed by atoms with van der Waals surface area (Å²) < 4.78 is 2.52. The molecule has 82 valence electrons. The van der Waals surface area contributed by atoms with Gasteiger partial charge >= 0.3 is 0 Å². The van der Waals surface area contributed by atoms with Crippen molar-refractivity contribution in [1.29, 1.82) is 0 Å². The lowest BCUT2D eigenvalue weighted by molar-refractivity contribution is 0.523. The minimum Gasteiger partial charge on any atom is -0.310 e. The van der Waals surface area contributed by atoms with Crippen molar-refractivity contribution in [1.82, 2.24) is 5.32 Å². The fourth-order valence-electron chi connectivity index (χ4n) is 2.06. The third kappa shape index (κ3) is 3.43. The van der Waals surface area contributed by atoms with E-state index >= 15 is 0 Å². The molecule has 0 radical (unpaired) electrons. The molecule has 0 bridgehead atoms. The third-order valence-corrected chi connectivity index (χ3v) is 4.49. The van der Waals surface area contributed by atoms with Crippen molar-refractivity contribution in [3.8, 4) is 0 Å². The second-order valence-electron chi connectivity index (χ2n) is 4.10. The first kappa shape index (κ1) is 11.9. The van der Waals surface area contributed by atoms with E-state index in [1.54, 1.807) is 0 Å². The second-order valence-corrected chi connectivity index (χ2v) is 6.18. The number of halogens is 2. The van der Waals surface area contributed by atoms with Gasteiger partial charge in [0.2, 0.25) is 0 Å². The number of hydrogen-bond donors (Lipinski definition) is 1. The Kier molecular flexibility index (Phi) is 4.46. The number of rotatable bonds is 3. The number of hydrogen-bond acceptors (Lipinski definition) is 1. The quantitative estimate of drug-likeness (QED) is 0.780. The van der Waals surface area contributed by atoms with Crippen LogP contribution in [0.4, 0.5) is 0 Å². The molecule has 1 nitrogen and oxygen atoms in total. The molecule has 1 saturated carbocycles. The van der Waals surface area contributed by atoms with Crippen molar-refractivity contribution in [3.63, 3.8) is 0 Å². The van der Waals surface area contributed by atoms with Gasteiger partial charge in [-0.25, -0.2) is 0 Å². The largest absolute Gasteiger partial charge is 0.310 e. The van der Waals surface area contributed by atoms with Gasteiger partial charge in [-0.1, -0.05) is 28.8 Å². The maximum absolute atomic E-state index is 3.64. The summed E-state index contributed by atoms with van der Waals surface area (Å²) in [7, 11) is 0. The molecule has 0 atom stereocenters. The molecule has 0 aromatic heterocycles. The first-order valence-electron chi connectivity index (χ1n) is 5.43. The highest BCUT2D eigenvalue weighted by Crippen LogP contribution is 2.21. The van der Waals surface area contributed by atoms with Gasteiger partial charge in [0.1, 0.15) is 0 Å². The highest BCUT2D eigenvalue weighted by atomic mass is 127. The van der Waals surface area contributed by atoms with Gasteiger partial charge in [-0.3, -0.25) is 0 Å². The Morgan fingerprint density at radius 1 is 1.33 bits per heavy atom. The highest BCUT2D eigenvalue weighted by molar-refractivity contribution is 14.1. The van der Waals surface area contributed by atoms with Crippen LogP contribution in [0.3, 0.4) is 0 Å². The standard InChI is InChI=1S/C12H15BrIN/c13-10-5-6-12(14)9(7-10)8-15-11-3-1-2-4-11/h5-7,11,15H,1-4,8H2. The summed E-state index contributed by atoms with van der Waals surface area (Å²) in [6.45, 7) is 1.00. The van der Waals surface area contributed by atoms with Gasteiger partial charge in [0.25, 0.3) is 0 Å². The van der Waals surface area contributed by atoms with Crippen LogP contribution in [-0.2, 0) is 6.54 Å². The topological polar surface area (TPSA) is 12.0 Å². The van der Waals surface area contributed by atoms with E-state index in [0.29, 0.717) is 0 Å². The zero-order valence-corrected chi connectivity index (χ0v) is 12.3. The van der Waals surface area contributed by atoms with Gasteiger partial charge in [-0.15, -0.1) is 0 Å². The van der Waals surface area contributed by atoms with Crippen molar-refractivity contribution < 1.29 is 0 Å². The maximum atomic E-state index is 3.64. The van der Waals surface area contributed by atoms with E-state index in [1.807, 2.05) is 0 Å². The van der Waals surface area contributed by atoms with E-state index in [-0.39, 0.29) is 0 Å². The second kappa shape index (κ2) is 5.64. The van der Waals surface area contributed by atoms with Gasteiger partial charge in [0, 0.05) is 20.6 Å². The SMILES string of the molecule is Brc1ccc(I)c(CNC2CCCC2)c1. The summed E-state index contributed by atoms with van der Waals surface area (Å²) in [6.07, 6.45) is 5.50. The zero-order chi connectivity index (χ0) is 10.7. The van der Waals surface area contributed by atoms with Gasteiger partial charge in [-0.2, -0.15) is 0 Å². The first-order valence-corrected chi connectivity index (χ1v) is 7.30. The average Bonchev–Trinajstić information content (AvgIpc) is 2.72. The first-order chi connectivity index (χ1) is 7.25. The van der Waals surface area contributed by atoms with Gasteiger partial charge in [0.15, 0.2) is 0 Å². The summed E-state index contributed by atoms with van der Waals surface area (Å²) >= 11 is 5.92. The predicted octanol–water partition coefficient (Wildman–Crippen LogP) is 4.09. The van der Waals surface area contributed by atoms with Crippen molar-refractivity contribution in [3.05, 3.63) is 31.8 Å². The van der Waals surface area contributed by atoms with Crippen LogP contribution in [0.1, 0.15) is 31.2 Å². The summed E-state index contributed by atoms with van der Waals surface area (Å²) in [5.74, 6) is 0. The minimum atomic E-state index is 0.750. The van der Waals surface area contributed by atoms with Crippen LogP contribution in [0.25, 0.3) is 0 Å². The van der Waals surface area contributed by atoms with E-state index < -0.39 is 0 Å². The fraction of sp³-hybridized carbons (Fsp3) is 0.500. The molecule has 15 heavy (non-hydrogen) atoms. The summed E-state index contributed by atoms with van der Waals surface area (Å²) in [5.41, 5.74) is 1.40. The van der Waals surface area contributed by atoms with E-state index in [1.165, 1.54) is 39.3 Å². The number of benzene rings is 1. The molecule has 1 aliphatic carbocycles. The molecule has 1 N–H and O–H groups in total. The highest BCUT2D eigenvalue weighted by Gasteiger charge is 2.14. The van der Waals surface area contributed by atoms with Crippen LogP contribution in [0.15, 0.2) is 22.7 Å². The summed E-state index contributed by atoms with van der Waals surface area (Å²) in [5, 5.41) is 3.64. The van der Waals surface area contributed by atoms with Crippen LogP contribution in [0.5, 0.6) is 0 Å². The Balaban J connectivity index is 1.94. The molecule has 1 fully saturated rings. The molecular weight excluding hydrogens is 365 g/mol. The number of nitrogens with one attached hydrogen (secondary N) is 1. The molecular formula is C12H15BrIN. The molecule has 0 heterocycles. The molecule has 3 heteroatoms. The lowest BCUT2D eigenvalue weighted by Crippen LogP contribution is -2.25. The molecule has 0 unspecified atom stereocenters. The van der Waals surface area contributed by atoms with Crippen LogP contribution in [0.2, 0.25) is 0 Å². The summed E-state index contributed by atoms with van der Waals surface area (Å²) in [4.78, 5) is 0. The molecule has 1 aromatic carbocycles. The van der Waals surface area contributed by atoms with Crippen molar-refractivity contribution >= 4 is 38.5 Å². The van der Waals surface area contributed by atoms with Crippen LogP contribution < -0.4 is 5.32 Å². The molecule has 0 aliphatic heterocycles. The Hall–Kier alpha value is 0.390. The molecule has 2 rings (SSSR count). The van der Waals surface area contributed by atoms with E-state index in [2.05, 4.69) is 62.0 Å². The van der Waals surface area contributed by atoms with E-state index in [4.69, 9.17) is 0 Å². The maximum Gasteiger partial charge on any atom is 0.0218 e. The molecule has 0 saturated heterocycles. The van der Waals surface area contributed by atoms with Crippen LogP contribution in [-0.4, -0.2) is 6.04 Å². The molecule has 0 amide bonds. The molecule has 0 spiro atoms. The van der Waals surface area contributed by atoms with Crippen molar-refractivity contribution in [2.75, 3.05) is 0 Å². The third-order valence-electron chi connectivity index (χ3n) is 2.94. The van der Waals surface area contributed by atoms with E-state index in [9.17, 15) is 0 Å². The zero-order valence-electron chi connectivity index (χ0n) is 8.60. The Morgan fingerprint density at radius 2 is 2.07 bits per heavy atom. The van der Waals surface area contributed by atoms with E-state index in [0.717, 1.165) is 12.6 Å². The predicted molar refractivity (Wildman–Crippen MR) is 76.0 cm³/mol. The van der Waals surface area contributed by atoms with Crippen LogP contribution in [0, 0.1) is 3.57 Å². The smallest absolute Gasteiger partial charge is 0.0218 e. The van der Waals surface area contributed by atoms with Crippen LogP contribution >= 0.6 is 38.5 Å². The van der Waals surface area contributed by atoms with Crippen molar-refractivity contribution in [2.24, 2.45) is 0 Å². The Bertz CT molecular complexity index is 334. The fourth-order valence-corrected chi connectivity index (χ4v) is 3.00.